The predicted molar refractivity (Wildman–Crippen MR) is 205 cm³/mol. The Labute approximate surface area is 320 Å². The number of nitrogens with one attached hydrogen (secondary N) is 2. The van der Waals surface area contributed by atoms with Crippen LogP contribution in [0.2, 0.25) is 0 Å². The average molecular weight is 762 g/mol. The first-order chi connectivity index (χ1) is 26.4. The number of halogens is 2. The van der Waals surface area contributed by atoms with Crippen LogP contribution in [-0.2, 0) is 23.9 Å². The summed E-state index contributed by atoms with van der Waals surface area (Å²) < 4.78 is 57.3. The number of rotatable bonds is 21. The zero-order valence-electron chi connectivity index (χ0n) is 31.8. The number of fused-ring (bicyclic) bond motifs is 1. The molecule has 0 bridgehead atoms. The molecule has 55 heavy (non-hydrogen) atoms. The van der Waals surface area contributed by atoms with Crippen molar-refractivity contribution in [2.45, 2.75) is 65.7 Å². The molecule has 1 saturated carbocycles. The summed E-state index contributed by atoms with van der Waals surface area (Å²) in [6.07, 6.45) is 5.99. The molecule has 0 unspecified atom stereocenters. The predicted octanol–water partition coefficient (Wildman–Crippen LogP) is 8.65. The number of anilines is 2. The Morgan fingerprint density at radius 1 is 0.745 bits per heavy atom. The van der Waals surface area contributed by atoms with Crippen LogP contribution in [0.1, 0.15) is 65.7 Å². The van der Waals surface area contributed by atoms with E-state index in [0.717, 1.165) is 31.7 Å². The second-order valence-electron chi connectivity index (χ2n) is 14.8. The highest BCUT2D eigenvalue weighted by Gasteiger charge is 2.56. The summed E-state index contributed by atoms with van der Waals surface area (Å²) >= 11 is 0. The zero-order chi connectivity index (χ0) is 39.4. The van der Waals surface area contributed by atoms with Crippen molar-refractivity contribution in [3.63, 3.8) is 0 Å². The molecule has 13 heteroatoms. The lowest BCUT2D eigenvalue weighted by atomic mass is 9.90. The van der Waals surface area contributed by atoms with E-state index < -0.39 is 28.9 Å². The molecule has 2 N–H and O–H groups in total. The number of Topliss-reactive ketones (excluding diaryl/α,β-unsaturated/α-hetero) is 1. The summed E-state index contributed by atoms with van der Waals surface area (Å²) in [5.41, 5.74) is -0.235. The molecule has 1 aromatic heterocycles. The largest absolute Gasteiger partial charge is 0.493 e. The van der Waals surface area contributed by atoms with Gasteiger partial charge in [-0.25, -0.2) is 8.78 Å². The Balaban J connectivity index is 1.07. The Hall–Kier alpha value is -5.14. The Kier molecular flexibility index (Phi) is 14.1. The fraction of sp³-hybridized carbons (Fsp3) is 0.429. The van der Waals surface area contributed by atoms with E-state index in [-0.39, 0.29) is 29.2 Å². The minimum Gasteiger partial charge on any atom is -0.493 e. The number of hydrogen-bond acceptors (Lipinski definition) is 9. The Morgan fingerprint density at radius 2 is 1.38 bits per heavy atom. The normalized spacial score (nSPS) is 13.3. The number of ketones is 1. The van der Waals surface area contributed by atoms with Crippen LogP contribution >= 0.6 is 0 Å². The van der Waals surface area contributed by atoms with Gasteiger partial charge in [0.15, 0.2) is 28.8 Å². The molecule has 1 heterocycles. The summed E-state index contributed by atoms with van der Waals surface area (Å²) in [5.74, 6) is -0.905. The van der Waals surface area contributed by atoms with Gasteiger partial charge < -0.3 is 34.3 Å². The number of amides is 2. The smallest absolute Gasteiger partial charge is 0.240 e. The molecule has 3 aromatic carbocycles. The van der Waals surface area contributed by atoms with Gasteiger partial charge in [0.1, 0.15) is 23.6 Å². The van der Waals surface area contributed by atoms with Gasteiger partial charge in [0, 0.05) is 61.3 Å². The van der Waals surface area contributed by atoms with Gasteiger partial charge in [-0.3, -0.25) is 19.4 Å². The number of nitrogens with zero attached hydrogens (tertiary/aromatic N) is 1. The van der Waals surface area contributed by atoms with Crippen LogP contribution in [0.5, 0.6) is 23.0 Å². The molecule has 0 atom stereocenters. The van der Waals surface area contributed by atoms with Crippen LogP contribution in [0.25, 0.3) is 10.9 Å². The molecule has 0 spiro atoms. The van der Waals surface area contributed by atoms with Gasteiger partial charge in [0.2, 0.25) is 11.8 Å². The number of ether oxygens (including phenoxy) is 5. The third-order valence-corrected chi connectivity index (χ3v) is 8.88. The lowest BCUT2D eigenvalue weighted by Crippen LogP contribution is -2.35. The van der Waals surface area contributed by atoms with Crippen LogP contribution in [0.15, 0.2) is 66.9 Å². The van der Waals surface area contributed by atoms with E-state index >= 15 is 4.39 Å². The number of methoxy groups -OCH3 is 1. The van der Waals surface area contributed by atoms with Crippen molar-refractivity contribution in [3.8, 4) is 23.0 Å². The quantitative estimate of drug-likeness (QED) is 0.0632. The van der Waals surface area contributed by atoms with Crippen molar-refractivity contribution in [2.75, 3.05) is 50.8 Å². The highest BCUT2D eigenvalue weighted by Crippen LogP contribution is 2.48. The molecular weight excluding hydrogens is 712 g/mol. The number of benzene rings is 3. The average Bonchev–Trinajstić information content (AvgIpc) is 3.96. The third kappa shape index (κ3) is 11.9. The first-order valence-electron chi connectivity index (χ1n) is 18.5. The first kappa shape index (κ1) is 41.0. The van der Waals surface area contributed by atoms with Gasteiger partial charge in [0.05, 0.1) is 19.2 Å². The first-order valence-corrected chi connectivity index (χ1v) is 18.5. The van der Waals surface area contributed by atoms with Crippen molar-refractivity contribution < 1.29 is 46.8 Å². The fourth-order valence-corrected chi connectivity index (χ4v) is 5.81. The van der Waals surface area contributed by atoms with Gasteiger partial charge in [-0.05, 0) is 92.5 Å². The van der Waals surface area contributed by atoms with Crippen molar-refractivity contribution in [1.82, 2.24) is 4.98 Å². The lowest BCUT2D eigenvalue weighted by Gasteiger charge is -2.16. The molecule has 1 aliphatic carbocycles. The summed E-state index contributed by atoms with van der Waals surface area (Å²) in [7, 11) is 1.53. The minimum absolute atomic E-state index is 0.0242. The molecule has 11 nitrogen and oxygen atoms in total. The van der Waals surface area contributed by atoms with E-state index in [1.165, 1.54) is 43.5 Å². The van der Waals surface area contributed by atoms with Crippen molar-refractivity contribution in [2.24, 2.45) is 10.8 Å². The van der Waals surface area contributed by atoms with Crippen LogP contribution in [0.4, 0.5) is 20.2 Å². The van der Waals surface area contributed by atoms with Crippen LogP contribution in [-0.4, -0.2) is 62.7 Å². The van der Waals surface area contributed by atoms with Gasteiger partial charge in [-0.1, -0.05) is 20.8 Å². The van der Waals surface area contributed by atoms with E-state index in [1.807, 2.05) is 20.8 Å². The molecule has 1 fully saturated rings. The third-order valence-electron chi connectivity index (χ3n) is 8.88. The maximum absolute atomic E-state index is 15.3. The van der Waals surface area contributed by atoms with Crippen LogP contribution in [0, 0.1) is 22.5 Å². The van der Waals surface area contributed by atoms with E-state index in [1.54, 1.807) is 24.4 Å². The Morgan fingerprint density at radius 3 is 2.02 bits per heavy atom. The fourth-order valence-electron chi connectivity index (χ4n) is 5.81. The standard InChI is InChI=1S/C42H49F2N3O8/c1-41(2,3)26-31(48)27-53-21-6-5-19-52-20-7-8-22-54-38-25-34-32(24-37(38)51-4)35(15-18-45-34)55-36-14-13-30(23-33(36)44)47-40(50)42(16-17-42)39(49)46-29-11-9-28(43)10-12-29/h9-15,18,23-25H,5-8,16-17,19-22,26-27H2,1-4H3,(H,46,49)(H,47,50). The molecule has 1 aliphatic rings. The molecule has 0 aliphatic heterocycles. The number of aromatic nitrogens is 1. The molecule has 0 radical (unpaired) electrons. The maximum atomic E-state index is 15.3. The second kappa shape index (κ2) is 18.9. The van der Waals surface area contributed by atoms with E-state index in [0.29, 0.717) is 79.5 Å². The van der Waals surface area contributed by atoms with E-state index in [9.17, 15) is 18.8 Å². The number of unbranched alkanes of at least 4 members (excludes halogenated alkanes) is 2. The topological polar surface area (TPSA) is 134 Å². The number of pyridine rings is 1. The summed E-state index contributed by atoms with van der Waals surface area (Å²) in [6.45, 7) is 8.49. The number of carbonyl (C=O) groups is 3. The van der Waals surface area contributed by atoms with E-state index in [2.05, 4.69) is 15.6 Å². The van der Waals surface area contributed by atoms with Gasteiger partial charge in [0.25, 0.3) is 0 Å². The number of hydrogen-bond donors (Lipinski definition) is 2. The van der Waals surface area contributed by atoms with Gasteiger partial charge in [-0.2, -0.15) is 0 Å². The van der Waals surface area contributed by atoms with Gasteiger partial charge >= 0.3 is 0 Å². The van der Waals surface area contributed by atoms with Crippen molar-refractivity contribution >= 4 is 39.9 Å². The van der Waals surface area contributed by atoms with Crippen LogP contribution < -0.4 is 24.8 Å². The van der Waals surface area contributed by atoms with Crippen LogP contribution in [0.3, 0.4) is 0 Å². The SMILES string of the molecule is COc1cc2c(Oc3ccc(NC(=O)C4(C(=O)Nc5ccc(F)cc5)CC4)cc3F)ccnc2cc1OCCCCOCCCCOCC(=O)CC(C)(C)C. The highest BCUT2D eigenvalue weighted by molar-refractivity contribution is 6.16. The molecule has 2 amide bonds. The Bertz CT molecular complexity index is 1940. The lowest BCUT2D eigenvalue weighted by molar-refractivity contribution is -0.131. The molecule has 4 aromatic rings. The molecule has 294 valence electrons. The molecular formula is C42H49F2N3O8. The monoisotopic (exact) mass is 761 g/mol. The molecule has 0 saturated heterocycles. The van der Waals surface area contributed by atoms with E-state index in [4.69, 9.17) is 23.7 Å². The van der Waals surface area contributed by atoms with Crippen molar-refractivity contribution in [1.29, 1.82) is 0 Å². The summed E-state index contributed by atoms with van der Waals surface area (Å²) in [4.78, 5) is 42.3. The summed E-state index contributed by atoms with van der Waals surface area (Å²) in [6, 6.07) is 14.3. The minimum atomic E-state index is -1.29. The zero-order valence-corrected chi connectivity index (χ0v) is 31.8. The van der Waals surface area contributed by atoms with Crippen molar-refractivity contribution in [3.05, 3.63) is 78.5 Å². The maximum Gasteiger partial charge on any atom is 0.240 e. The van der Waals surface area contributed by atoms with Gasteiger partial charge in [-0.15, -0.1) is 0 Å². The highest BCUT2D eigenvalue weighted by atomic mass is 19.1. The number of carbonyl (C=O) groups excluding carboxylic acids is 3. The summed E-state index contributed by atoms with van der Waals surface area (Å²) in [5, 5.41) is 5.86. The molecule has 5 rings (SSSR count). The second-order valence-corrected chi connectivity index (χ2v) is 14.8.